The van der Waals surface area contributed by atoms with Crippen LogP contribution in [0.3, 0.4) is 0 Å². The van der Waals surface area contributed by atoms with E-state index in [9.17, 15) is 0 Å². The first kappa shape index (κ1) is 17.4. The molecular formula is C18H30N2O2. The summed E-state index contributed by atoms with van der Waals surface area (Å²) in [6.45, 7) is 7.62. The van der Waals surface area contributed by atoms with Gasteiger partial charge in [0.2, 0.25) is 0 Å². The monoisotopic (exact) mass is 306 g/mol. The van der Waals surface area contributed by atoms with Gasteiger partial charge < -0.3 is 9.47 Å². The molecule has 0 aliphatic carbocycles. The predicted octanol–water partition coefficient (Wildman–Crippen LogP) is 2.25. The first-order chi connectivity index (χ1) is 10.8. The minimum Gasteiger partial charge on any atom is -0.388 e. The van der Waals surface area contributed by atoms with Crippen LogP contribution in [0.15, 0.2) is 30.3 Å². The van der Waals surface area contributed by atoms with Crippen LogP contribution < -0.4 is 0 Å². The summed E-state index contributed by atoms with van der Waals surface area (Å²) in [4.78, 5) is 5.24. The number of methoxy groups -OCH3 is 1. The van der Waals surface area contributed by atoms with Gasteiger partial charge in [0, 0.05) is 46.4 Å². The lowest BCUT2D eigenvalue weighted by atomic mass is 10.0. The lowest BCUT2D eigenvalue weighted by Crippen LogP contribution is -2.51. The van der Waals surface area contributed by atoms with Crippen LogP contribution in [0.1, 0.15) is 18.4 Å². The van der Waals surface area contributed by atoms with Gasteiger partial charge in [-0.05, 0) is 24.9 Å². The van der Waals surface area contributed by atoms with Gasteiger partial charge in [-0.1, -0.05) is 30.3 Å². The van der Waals surface area contributed by atoms with Crippen LogP contribution in [-0.2, 0) is 16.0 Å². The van der Waals surface area contributed by atoms with E-state index >= 15 is 0 Å². The van der Waals surface area contributed by atoms with E-state index in [4.69, 9.17) is 4.74 Å². The van der Waals surface area contributed by atoms with Gasteiger partial charge in [0.05, 0.1) is 13.2 Å². The number of hydrogen-bond acceptors (Lipinski definition) is 4. The number of piperidine rings is 1. The molecule has 2 aliphatic heterocycles. The number of hydrogen-bond donors (Lipinski definition) is 0. The first-order valence-electron chi connectivity index (χ1n) is 8.31. The fraction of sp³-hybridized carbons (Fsp3) is 0.667. The van der Waals surface area contributed by atoms with E-state index < -0.39 is 0 Å². The highest BCUT2D eigenvalue weighted by Crippen LogP contribution is 2.18. The second-order valence-corrected chi connectivity index (χ2v) is 6.07. The van der Waals surface area contributed by atoms with Crippen molar-refractivity contribution in [1.82, 2.24) is 9.80 Å². The Morgan fingerprint density at radius 3 is 2.45 bits per heavy atom. The molecule has 0 N–H and O–H groups in total. The maximum Gasteiger partial charge on any atom is 0.0594 e. The Morgan fingerprint density at radius 2 is 1.77 bits per heavy atom. The van der Waals surface area contributed by atoms with Gasteiger partial charge in [-0.15, -0.1) is 0 Å². The zero-order valence-electron chi connectivity index (χ0n) is 14.0. The number of ether oxygens (including phenoxy) is 2. The van der Waals surface area contributed by atoms with E-state index in [0.717, 1.165) is 38.9 Å². The molecule has 4 nitrogen and oxygen atoms in total. The van der Waals surface area contributed by atoms with Crippen LogP contribution in [0.25, 0.3) is 0 Å². The summed E-state index contributed by atoms with van der Waals surface area (Å²) >= 11 is 0. The van der Waals surface area contributed by atoms with Crippen molar-refractivity contribution in [3.05, 3.63) is 35.9 Å². The molecule has 2 heterocycles. The van der Waals surface area contributed by atoms with Crippen molar-refractivity contribution in [2.24, 2.45) is 0 Å². The smallest absolute Gasteiger partial charge is 0.0594 e. The number of benzene rings is 1. The molecule has 4 heteroatoms. The van der Waals surface area contributed by atoms with Crippen LogP contribution >= 0.6 is 0 Å². The Hall–Kier alpha value is -0.940. The topological polar surface area (TPSA) is 24.9 Å². The molecule has 2 fully saturated rings. The van der Waals surface area contributed by atoms with E-state index in [1.807, 2.05) is 0 Å². The Morgan fingerprint density at radius 1 is 1.09 bits per heavy atom. The summed E-state index contributed by atoms with van der Waals surface area (Å²) < 4.78 is 9.71. The van der Waals surface area contributed by atoms with Crippen molar-refractivity contribution < 1.29 is 9.47 Å². The van der Waals surface area contributed by atoms with E-state index in [-0.39, 0.29) is 0 Å². The fourth-order valence-electron chi connectivity index (χ4n) is 3.26. The van der Waals surface area contributed by atoms with E-state index in [2.05, 4.69) is 44.9 Å². The van der Waals surface area contributed by atoms with Gasteiger partial charge in [-0.3, -0.25) is 9.80 Å². The second-order valence-electron chi connectivity index (χ2n) is 6.07. The van der Waals surface area contributed by atoms with Crippen LogP contribution in [0, 0.1) is 0 Å². The number of nitrogens with zero attached hydrogens (tertiary/aromatic N) is 2. The third kappa shape index (κ3) is 5.69. The van der Waals surface area contributed by atoms with Crippen molar-refractivity contribution in [3.63, 3.8) is 0 Å². The Bertz CT molecular complexity index is 393. The molecule has 0 spiro atoms. The number of likely N-dealkylation sites (tertiary alicyclic amines) is 1. The van der Waals surface area contributed by atoms with Gasteiger partial charge in [-0.2, -0.15) is 0 Å². The molecule has 1 unspecified atom stereocenters. The molecule has 0 saturated carbocycles. The summed E-state index contributed by atoms with van der Waals surface area (Å²) in [5.74, 6) is 0. The molecule has 1 atom stereocenters. The van der Waals surface area contributed by atoms with Crippen molar-refractivity contribution in [1.29, 1.82) is 0 Å². The van der Waals surface area contributed by atoms with Crippen molar-refractivity contribution in [3.8, 4) is 0 Å². The minimum atomic E-state index is 0.737. The summed E-state index contributed by atoms with van der Waals surface area (Å²) in [6, 6.07) is 11.6. The minimum absolute atomic E-state index is 0.737. The van der Waals surface area contributed by atoms with Gasteiger partial charge in [-0.25, -0.2) is 0 Å². The normalized spacial score (nSPS) is 23.6. The molecule has 0 aromatic heterocycles. The third-order valence-electron chi connectivity index (χ3n) is 4.29. The molecule has 22 heavy (non-hydrogen) atoms. The Kier molecular flexibility index (Phi) is 7.88. The summed E-state index contributed by atoms with van der Waals surface area (Å²) in [7, 11) is 3.25. The van der Waals surface area contributed by atoms with Gasteiger partial charge in [0.25, 0.3) is 0 Å². The van der Waals surface area contributed by atoms with Gasteiger partial charge >= 0.3 is 0 Å². The number of rotatable bonds is 3. The SMILES string of the molecule is COC.c1ccc(CN2CCCC(N3CCOCC3)C2)cc1. The fourth-order valence-corrected chi connectivity index (χ4v) is 3.26. The lowest BCUT2D eigenvalue weighted by molar-refractivity contribution is -0.00358. The van der Waals surface area contributed by atoms with Crippen LogP contribution in [0.2, 0.25) is 0 Å². The molecule has 1 aromatic rings. The van der Waals surface area contributed by atoms with E-state index in [0.29, 0.717) is 0 Å². The third-order valence-corrected chi connectivity index (χ3v) is 4.29. The zero-order chi connectivity index (χ0) is 15.6. The second kappa shape index (κ2) is 9.95. The maximum atomic E-state index is 5.46. The maximum absolute atomic E-state index is 5.46. The lowest BCUT2D eigenvalue weighted by Gasteiger charge is -2.40. The van der Waals surface area contributed by atoms with Crippen molar-refractivity contribution in [2.75, 3.05) is 53.6 Å². The zero-order valence-corrected chi connectivity index (χ0v) is 14.0. The highest BCUT2D eigenvalue weighted by atomic mass is 16.5. The predicted molar refractivity (Wildman–Crippen MR) is 90.1 cm³/mol. The molecule has 1 aromatic carbocycles. The van der Waals surface area contributed by atoms with Crippen LogP contribution in [-0.4, -0.2) is 69.5 Å². The van der Waals surface area contributed by atoms with Crippen LogP contribution in [0.5, 0.6) is 0 Å². The molecule has 2 saturated heterocycles. The van der Waals surface area contributed by atoms with E-state index in [1.54, 1.807) is 14.2 Å². The summed E-state index contributed by atoms with van der Waals surface area (Å²) in [5, 5.41) is 0. The van der Waals surface area contributed by atoms with E-state index in [1.165, 1.54) is 31.5 Å². The molecule has 0 bridgehead atoms. The average molecular weight is 306 g/mol. The highest BCUT2D eigenvalue weighted by molar-refractivity contribution is 5.14. The summed E-state index contributed by atoms with van der Waals surface area (Å²) in [6.07, 6.45) is 2.68. The Balaban J connectivity index is 0.000000545. The number of morpholine rings is 1. The summed E-state index contributed by atoms with van der Waals surface area (Å²) in [5.41, 5.74) is 1.44. The van der Waals surface area contributed by atoms with Gasteiger partial charge in [0.1, 0.15) is 0 Å². The molecule has 2 aliphatic rings. The molecule has 3 rings (SSSR count). The molecule has 0 amide bonds. The van der Waals surface area contributed by atoms with Gasteiger partial charge in [0.15, 0.2) is 0 Å². The average Bonchev–Trinajstić information content (AvgIpc) is 2.58. The molecule has 124 valence electrons. The van der Waals surface area contributed by atoms with Crippen molar-refractivity contribution >= 4 is 0 Å². The molecule has 0 radical (unpaired) electrons. The van der Waals surface area contributed by atoms with Crippen LogP contribution in [0.4, 0.5) is 0 Å². The quantitative estimate of drug-likeness (QED) is 0.855. The highest BCUT2D eigenvalue weighted by Gasteiger charge is 2.26. The molecular weight excluding hydrogens is 276 g/mol. The first-order valence-corrected chi connectivity index (χ1v) is 8.31. The largest absolute Gasteiger partial charge is 0.388 e. The Labute approximate surface area is 135 Å². The standard InChI is InChI=1S/C16H24N2O.C2H6O/c1-2-5-15(6-3-1)13-17-8-4-7-16(14-17)18-9-11-19-12-10-18;1-3-2/h1-3,5-6,16H,4,7-14H2;1-2H3. The van der Waals surface area contributed by atoms with Crippen molar-refractivity contribution in [2.45, 2.75) is 25.4 Å².